The Balaban J connectivity index is 1.93. The van der Waals surface area contributed by atoms with Crippen molar-refractivity contribution in [3.8, 4) is 11.3 Å². The van der Waals surface area contributed by atoms with Crippen LogP contribution in [-0.4, -0.2) is 13.4 Å². The molecule has 0 amide bonds. The molecular weight excluding hydrogens is 568 g/mol. The second-order valence-electron chi connectivity index (χ2n) is 5.14. The Morgan fingerprint density at radius 2 is 1.71 bits per heavy atom. The molecule has 3 rings (SSSR count). The summed E-state index contributed by atoms with van der Waals surface area (Å²) in [7, 11) is -3.94. The Bertz CT molecular complexity index is 1120. The molecule has 0 aliphatic rings. The molecule has 0 unspecified atom stereocenters. The van der Waals surface area contributed by atoms with Gasteiger partial charge >= 0.3 is 6.18 Å². The molecule has 4 nitrogen and oxygen atoms in total. The Hall–Kier alpha value is -0.560. The number of nitrogens with zero attached hydrogens (tertiary/aromatic N) is 1. The monoisotopic (exact) mass is 570 g/mol. The van der Waals surface area contributed by atoms with Gasteiger partial charge in [-0.15, -0.1) is 22.7 Å². The van der Waals surface area contributed by atoms with Gasteiger partial charge in [-0.05, 0) is 34.1 Å². The first-order valence-electron chi connectivity index (χ1n) is 6.88. The van der Waals surface area contributed by atoms with E-state index in [-0.39, 0.29) is 35.0 Å². The van der Waals surface area contributed by atoms with Crippen LogP contribution in [0.1, 0.15) is 5.56 Å². The van der Waals surface area contributed by atoms with Crippen LogP contribution >= 0.6 is 73.4 Å². The van der Waals surface area contributed by atoms with E-state index in [2.05, 4.69) is 25.6 Å². The number of anilines is 1. The topological polar surface area (TPSA) is 59.1 Å². The van der Waals surface area contributed by atoms with Gasteiger partial charge < -0.3 is 0 Å². The van der Waals surface area contributed by atoms with E-state index >= 15 is 0 Å². The fraction of sp³-hybridized carbons (Fsp3) is 0.0714. The number of nitrogens with one attached hydrogen (secondary N) is 1. The van der Waals surface area contributed by atoms with Gasteiger partial charge in [-0.3, -0.25) is 4.72 Å². The zero-order valence-electron chi connectivity index (χ0n) is 12.9. The minimum atomic E-state index is -4.61. The molecule has 0 aliphatic heterocycles. The molecule has 0 atom stereocenters. The van der Waals surface area contributed by atoms with Crippen LogP contribution in [0.3, 0.4) is 0 Å². The summed E-state index contributed by atoms with van der Waals surface area (Å²) >= 11 is 22.7. The third-order valence-electron chi connectivity index (χ3n) is 3.24. The summed E-state index contributed by atoms with van der Waals surface area (Å²) in [5, 5.41) is 0.903. The maximum Gasteiger partial charge on any atom is 0.416 e. The number of hydrogen-bond acceptors (Lipinski definition) is 5. The second-order valence-corrected chi connectivity index (χ2v) is 11.2. The fourth-order valence-corrected chi connectivity index (χ4v) is 6.98. The number of thiazole rings is 1. The van der Waals surface area contributed by atoms with Gasteiger partial charge in [0.25, 0.3) is 10.0 Å². The van der Waals surface area contributed by atoms with E-state index in [1.807, 2.05) is 0 Å². The van der Waals surface area contributed by atoms with Crippen LogP contribution in [0.15, 0.2) is 32.3 Å². The SMILES string of the molecule is O=S(=O)(Nc1nc(-c2c(Cl)cc(C(F)(F)F)cc2Cl)cs1)c1cc(Br)c(Cl)s1. The highest BCUT2D eigenvalue weighted by molar-refractivity contribution is 9.10. The first-order chi connectivity index (χ1) is 12.9. The lowest BCUT2D eigenvalue weighted by molar-refractivity contribution is -0.137. The number of alkyl halides is 3. The lowest BCUT2D eigenvalue weighted by atomic mass is 10.1. The van der Waals surface area contributed by atoms with Crippen LogP contribution in [-0.2, 0) is 16.2 Å². The molecule has 0 saturated heterocycles. The van der Waals surface area contributed by atoms with Gasteiger partial charge in [0.1, 0.15) is 8.55 Å². The van der Waals surface area contributed by atoms with Crippen LogP contribution < -0.4 is 4.72 Å². The van der Waals surface area contributed by atoms with Crippen LogP contribution in [0.25, 0.3) is 11.3 Å². The van der Waals surface area contributed by atoms with Crippen molar-refractivity contribution in [1.29, 1.82) is 0 Å². The minimum Gasteiger partial charge on any atom is -0.254 e. The molecule has 0 spiro atoms. The molecule has 2 aromatic heterocycles. The summed E-state index contributed by atoms with van der Waals surface area (Å²) in [6.45, 7) is 0. The van der Waals surface area contributed by atoms with Crippen molar-refractivity contribution in [3.63, 3.8) is 0 Å². The summed E-state index contributed by atoms with van der Waals surface area (Å²) in [5.74, 6) is 0. The van der Waals surface area contributed by atoms with Gasteiger partial charge in [-0.2, -0.15) is 13.2 Å². The zero-order chi connectivity index (χ0) is 20.9. The van der Waals surface area contributed by atoms with Crippen LogP contribution in [0, 0.1) is 0 Å². The maximum absolute atomic E-state index is 12.8. The third kappa shape index (κ3) is 4.61. The largest absolute Gasteiger partial charge is 0.416 e. The van der Waals surface area contributed by atoms with Crippen LogP contribution in [0.2, 0.25) is 14.4 Å². The summed E-state index contributed by atoms with van der Waals surface area (Å²) in [5.41, 5.74) is -0.792. The van der Waals surface area contributed by atoms with E-state index in [1.54, 1.807) is 0 Å². The summed E-state index contributed by atoms with van der Waals surface area (Å²) in [4.78, 5) is 4.07. The smallest absolute Gasteiger partial charge is 0.254 e. The van der Waals surface area contributed by atoms with Crippen molar-refractivity contribution in [3.05, 3.63) is 48.0 Å². The average Bonchev–Trinajstić information content (AvgIpc) is 3.13. The quantitative estimate of drug-likeness (QED) is 0.354. The van der Waals surface area contributed by atoms with Crippen molar-refractivity contribution >= 4 is 88.6 Å². The molecule has 2 heterocycles. The molecule has 0 saturated carbocycles. The molecule has 0 radical (unpaired) electrons. The summed E-state index contributed by atoms with van der Waals surface area (Å²) in [6, 6.07) is 2.81. The number of hydrogen-bond donors (Lipinski definition) is 1. The molecule has 1 aromatic carbocycles. The Kier molecular flexibility index (Phi) is 6.27. The van der Waals surface area contributed by atoms with E-state index in [1.165, 1.54) is 11.4 Å². The first kappa shape index (κ1) is 22.1. The number of thiophene rings is 1. The van der Waals surface area contributed by atoms with E-state index in [0.29, 0.717) is 4.47 Å². The number of rotatable bonds is 4. The lowest BCUT2D eigenvalue weighted by Gasteiger charge is -2.11. The van der Waals surface area contributed by atoms with Crippen LogP contribution in [0.5, 0.6) is 0 Å². The predicted octanol–water partition coefficient (Wildman–Crippen LogP) is 7.41. The van der Waals surface area contributed by atoms with E-state index in [9.17, 15) is 21.6 Å². The highest BCUT2D eigenvalue weighted by atomic mass is 79.9. The zero-order valence-corrected chi connectivity index (χ0v) is 19.2. The first-order valence-corrected chi connectivity index (χ1v) is 12.0. The van der Waals surface area contributed by atoms with E-state index < -0.39 is 21.8 Å². The van der Waals surface area contributed by atoms with Gasteiger partial charge in [-0.1, -0.05) is 34.8 Å². The molecule has 0 fully saturated rings. The summed E-state index contributed by atoms with van der Waals surface area (Å²) in [6.07, 6.45) is -4.61. The number of aromatic nitrogens is 1. The average molecular weight is 573 g/mol. The van der Waals surface area contributed by atoms with Crippen molar-refractivity contribution < 1.29 is 21.6 Å². The maximum atomic E-state index is 12.8. The fourth-order valence-electron chi connectivity index (χ4n) is 2.04. The Morgan fingerprint density at radius 3 is 2.21 bits per heavy atom. The van der Waals surface area contributed by atoms with Crippen LogP contribution in [0.4, 0.5) is 18.3 Å². The van der Waals surface area contributed by atoms with Gasteiger partial charge in [-0.25, -0.2) is 13.4 Å². The van der Waals surface area contributed by atoms with E-state index in [0.717, 1.165) is 34.8 Å². The standard InChI is InChI=1S/C14H5BrCl3F3N2O2S3/c15-6-3-10(27-12(6)18)28(24,25)23-13-22-9(4-26-13)11-7(16)1-5(2-8(11)17)14(19,20)21/h1-4H,(H,22,23). The normalized spacial score (nSPS) is 12.4. The molecular formula is C14H5BrCl3F3N2O2S3. The number of benzene rings is 1. The Labute approximate surface area is 188 Å². The van der Waals surface area contributed by atoms with Crippen molar-refractivity contribution in [1.82, 2.24) is 4.98 Å². The molecule has 0 aliphatic carbocycles. The third-order valence-corrected chi connectivity index (χ3v) is 9.01. The molecule has 0 bridgehead atoms. The molecule has 3 aromatic rings. The number of halogens is 7. The van der Waals surface area contributed by atoms with Gasteiger partial charge in [0.2, 0.25) is 0 Å². The van der Waals surface area contributed by atoms with Gasteiger partial charge in [0.15, 0.2) is 5.13 Å². The predicted molar refractivity (Wildman–Crippen MR) is 110 cm³/mol. The highest BCUT2D eigenvalue weighted by Crippen LogP contribution is 2.41. The minimum absolute atomic E-state index is 0.0114. The lowest BCUT2D eigenvalue weighted by Crippen LogP contribution is -2.11. The molecule has 150 valence electrons. The van der Waals surface area contributed by atoms with Gasteiger partial charge in [0.05, 0.1) is 21.3 Å². The second kappa shape index (κ2) is 7.93. The van der Waals surface area contributed by atoms with Gasteiger partial charge in [0, 0.05) is 15.4 Å². The number of sulfonamides is 1. The van der Waals surface area contributed by atoms with E-state index in [4.69, 9.17) is 34.8 Å². The van der Waals surface area contributed by atoms with Crippen molar-refractivity contribution in [2.45, 2.75) is 10.4 Å². The van der Waals surface area contributed by atoms with Crippen molar-refractivity contribution in [2.24, 2.45) is 0 Å². The molecule has 14 heteroatoms. The highest BCUT2D eigenvalue weighted by Gasteiger charge is 2.32. The Morgan fingerprint density at radius 1 is 1.11 bits per heavy atom. The molecule has 1 N–H and O–H groups in total. The van der Waals surface area contributed by atoms with Crippen molar-refractivity contribution in [2.75, 3.05) is 4.72 Å². The summed E-state index contributed by atoms with van der Waals surface area (Å²) < 4.78 is 66.3. The molecule has 28 heavy (non-hydrogen) atoms.